The first-order valence-electron chi connectivity index (χ1n) is 11.1. The minimum absolute atomic E-state index is 0.131. The number of halogens is 1. The third kappa shape index (κ3) is 5.03. The maximum Gasteiger partial charge on any atom is 0.230 e. The molecule has 4 aromatic rings. The molecule has 1 aliphatic rings. The van der Waals surface area contributed by atoms with Crippen LogP contribution in [0.4, 0.5) is 0 Å². The van der Waals surface area contributed by atoms with Crippen LogP contribution in [0.15, 0.2) is 41.6 Å². The third-order valence-electron chi connectivity index (χ3n) is 5.62. The highest BCUT2D eigenvalue weighted by atomic mass is 35.5. The van der Waals surface area contributed by atoms with Crippen LogP contribution in [0.25, 0.3) is 22.4 Å². The molecule has 0 saturated heterocycles. The molecular weight excluding hydrogens is 490 g/mol. The van der Waals surface area contributed by atoms with E-state index in [1.54, 1.807) is 13.2 Å². The second-order valence-corrected chi connectivity index (χ2v) is 9.39. The topological polar surface area (TPSA) is 103 Å². The number of fused-ring (bicyclic) bond motifs is 2. The number of carbonyl (C=O) groups excluding carboxylic acids is 1. The lowest BCUT2D eigenvalue weighted by Crippen LogP contribution is -2.25. The molecule has 2 aromatic heterocycles. The van der Waals surface area contributed by atoms with Crippen molar-refractivity contribution in [2.75, 3.05) is 26.1 Å². The molecule has 3 heterocycles. The van der Waals surface area contributed by atoms with Crippen LogP contribution in [-0.4, -0.2) is 51.7 Å². The molecule has 182 valence electrons. The van der Waals surface area contributed by atoms with Gasteiger partial charge in [-0.05, 0) is 30.3 Å². The lowest BCUT2D eigenvalue weighted by atomic mass is 10.1. The van der Waals surface area contributed by atoms with Gasteiger partial charge in [0, 0.05) is 47.6 Å². The van der Waals surface area contributed by atoms with Crippen molar-refractivity contribution in [3.05, 3.63) is 47.0 Å². The molecule has 11 heteroatoms. The number of nitrogens with zero attached hydrogens (tertiary/aromatic N) is 3. The zero-order chi connectivity index (χ0) is 24.4. The number of nitrogens with one attached hydrogen (secondary N) is 2. The van der Waals surface area contributed by atoms with E-state index in [0.29, 0.717) is 53.0 Å². The minimum atomic E-state index is -0.131. The lowest BCUT2D eigenvalue weighted by Gasteiger charge is -2.14. The highest BCUT2D eigenvalue weighted by Crippen LogP contribution is 2.36. The van der Waals surface area contributed by atoms with Crippen LogP contribution >= 0.6 is 23.4 Å². The molecule has 2 N–H and O–H groups in total. The number of hydrogen-bond donors (Lipinski definition) is 2. The fourth-order valence-electron chi connectivity index (χ4n) is 3.83. The summed E-state index contributed by atoms with van der Waals surface area (Å²) in [6.07, 6.45) is 0.818. The van der Waals surface area contributed by atoms with Gasteiger partial charge < -0.3 is 29.1 Å². The van der Waals surface area contributed by atoms with Gasteiger partial charge in [0.1, 0.15) is 5.75 Å². The Morgan fingerprint density at radius 1 is 1.20 bits per heavy atom. The van der Waals surface area contributed by atoms with E-state index in [9.17, 15) is 4.79 Å². The van der Waals surface area contributed by atoms with Crippen LogP contribution in [0.1, 0.15) is 12.0 Å². The Hall–Kier alpha value is -3.37. The average molecular weight is 514 g/mol. The zero-order valence-corrected chi connectivity index (χ0v) is 20.8. The predicted molar refractivity (Wildman–Crippen MR) is 134 cm³/mol. The quantitative estimate of drug-likeness (QED) is 0.357. The Bertz CT molecular complexity index is 1390. The number of methoxy groups -OCH3 is 1. The molecule has 0 spiro atoms. The summed E-state index contributed by atoms with van der Waals surface area (Å²) in [5, 5.41) is 13.8. The number of carbonyl (C=O) groups is 1. The third-order valence-corrected chi connectivity index (χ3v) is 6.87. The van der Waals surface area contributed by atoms with Gasteiger partial charge in [-0.1, -0.05) is 23.4 Å². The van der Waals surface area contributed by atoms with E-state index in [2.05, 4.69) is 20.5 Å². The summed E-state index contributed by atoms with van der Waals surface area (Å²) in [6.45, 7) is 1.50. The molecule has 5 rings (SSSR count). The zero-order valence-electron chi connectivity index (χ0n) is 19.3. The van der Waals surface area contributed by atoms with Gasteiger partial charge in [-0.3, -0.25) is 4.79 Å². The molecule has 35 heavy (non-hydrogen) atoms. The van der Waals surface area contributed by atoms with E-state index in [0.717, 1.165) is 28.6 Å². The van der Waals surface area contributed by atoms with E-state index in [-0.39, 0.29) is 11.7 Å². The van der Waals surface area contributed by atoms with Gasteiger partial charge in [0.25, 0.3) is 0 Å². The molecule has 2 aromatic carbocycles. The first-order valence-corrected chi connectivity index (χ1v) is 12.4. The number of thioether (sulfide) groups is 1. The molecule has 0 saturated carbocycles. The molecule has 0 radical (unpaired) electrons. The van der Waals surface area contributed by atoms with Crippen molar-refractivity contribution in [3.8, 4) is 28.8 Å². The van der Waals surface area contributed by atoms with Gasteiger partial charge in [-0.15, -0.1) is 10.2 Å². The molecule has 0 bridgehead atoms. The van der Waals surface area contributed by atoms with Gasteiger partial charge in [0.15, 0.2) is 22.5 Å². The Kier molecular flexibility index (Phi) is 6.74. The van der Waals surface area contributed by atoms with Crippen LogP contribution in [-0.2, 0) is 18.4 Å². The highest BCUT2D eigenvalue weighted by Gasteiger charge is 2.18. The predicted octanol–water partition coefficient (Wildman–Crippen LogP) is 4.20. The highest BCUT2D eigenvalue weighted by molar-refractivity contribution is 7.99. The van der Waals surface area contributed by atoms with Crippen molar-refractivity contribution in [2.24, 2.45) is 7.05 Å². The van der Waals surface area contributed by atoms with E-state index < -0.39 is 0 Å². The number of amides is 1. The van der Waals surface area contributed by atoms with Crippen LogP contribution in [0, 0.1) is 0 Å². The number of aromatic nitrogens is 4. The minimum Gasteiger partial charge on any atom is -0.496 e. The lowest BCUT2D eigenvalue weighted by molar-refractivity contribution is -0.118. The first-order chi connectivity index (χ1) is 17.0. The first kappa shape index (κ1) is 23.4. The molecule has 0 fully saturated rings. The fraction of sp³-hybridized carbons (Fsp3) is 0.292. The molecular formula is C24H24ClN5O4S. The fourth-order valence-corrected chi connectivity index (χ4v) is 4.76. The Morgan fingerprint density at radius 3 is 2.80 bits per heavy atom. The maximum atomic E-state index is 12.6. The molecule has 0 unspecified atom stereocenters. The van der Waals surface area contributed by atoms with Gasteiger partial charge in [0.2, 0.25) is 5.91 Å². The molecule has 0 atom stereocenters. The van der Waals surface area contributed by atoms with Gasteiger partial charge in [-0.25, -0.2) is 0 Å². The van der Waals surface area contributed by atoms with Crippen LogP contribution < -0.4 is 19.5 Å². The van der Waals surface area contributed by atoms with Gasteiger partial charge in [-0.2, -0.15) is 0 Å². The Balaban J connectivity index is 1.22. The van der Waals surface area contributed by atoms with Crippen molar-refractivity contribution in [2.45, 2.75) is 18.1 Å². The second kappa shape index (κ2) is 10.1. The molecule has 1 amide bonds. The number of ether oxygens (including phenoxy) is 3. The number of rotatable bonds is 7. The van der Waals surface area contributed by atoms with E-state index in [1.807, 2.05) is 41.9 Å². The number of H-pyrrole nitrogens is 1. The van der Waals surface area contributed by atoms with E-state index in [1.165, 1.54) is 11.8 Å². The summed E-state index contributed by atoms with van der Waals surface area (Å²) >= 11 is 7.41. The standard InChI is InChI=1S/C24H24ClN5O4S/c1-30-23(18-9-14-8-16(25)4-5-17(14)27-18)28-29-24(30)35-13-22(31)26-12-15-10-20-21(11-19(15)32-2)34-7-3-6-33-20/h4-5,8-11,27H,3,6-7,12-13H2,1-2H3,(H,26,31). The van der Waals surface area contributed by atoms with Crippen molar-refractivity contribution in [1.82, 2.24) is 25.1 Å². The molecule has 0 aliphatic carbocycles. The van der Waals surface area contributed by atoms with Crippen molar-refractivity contribution >= 4 is 40.2 Å². The van der Waals surface area contributed by atoms with Crippen LogP contribution in [0.5, 0.6) is 17.2 Å². The van der Waals surface area contributed by atoms with Crippen LogP contribution in [0.3, 0.4) is 0 Å². The summed E-state index contributed by atoms with van der Waals surface area (Å²) < 4.78 is 18.8. The second-order valence-electron chi connectivity index (χ2n) is 8.01. The van der Waals surface area contributed by atoms with Gasteiger partial charge >= 0.3 is 0 Å². The number of hydrogen-bond acceptors (Lipinski definition) is 7. The summed E-state index contributed by atoms with van der Waals surface area (Å²) in [5.41, 5.74) is 2.61. The summed E-state index contributed by atoms with van der Waals surface area (Å²) in [4.78, 5) is 15.9. The summed E-state index contributed by atoms with van der Waals surface area (Å²) in [6, 6.07) is 11.3. The smallest absolute Gasteiger partial charge is 0.230 e. The molecule has 1 aliphatic heterocycles. The SMILES string of the molecule is COc1cc2c(cc1CNC(=O)CSc1nnc(-c3cc4cc(Cl)ccc4[nH]3)n1C)OCCCO2. The largest absolute Gasteiger partial charge is 0.496 e. The Morgan fingerprint density at radius 2 is 2.00 bits per heavy atom. The Labute approximate surface area is 211 Å². The summed E-state index contributed by atoms with van der Waals surface area (Å²) in [5.74, 6) is 2.70. The van der Waals surface area contributed by atoms with E-state index >= 15 is 0 Å². The van der Waals surface area contributed by atoms with Crippen molar-refractivity contribution in [1.29, 1.82) is 0 Å². The van der Waals surface area contributed by atoms with Crippen molar-refractivity contribution in [3.63, 3.8) is 0 Å². The van der Waals surface area contributed by atoms with Crippen LogP contribution in [0.2, 0.25) is 5.02 Å². The number of aromatic amines is 1. The summed E-state index contributed by atoms with van der Waals surface area (Å²) in [7, 11) is 3.46. The molecule has 9 nitrogen and oxygen atoms in total. The van der Waals surface area contributed by atoms with E-state index in [4.69, 9.17) is 25.8 Å². The number of benzene rings is 2. The maximum absolute atomic E-state index is 12.6. The van der Waals surface area contributed by atoms with Gasteiger partial charge in [0.05, 0.1) is 31.8 Å². The average Bonchev–Trinajstić information content (AvgIpc) is 3.35. The van der Waals surface area contributed by atoms with Crippen molar-refractivity contribution < 1.29 is 19.0 Å². The normalized spacial score (nSPS) is 13.0. The monoisotopic (exact) mass is 513 g/mol.